The molecule has 0 heterocycles. The monoisotopic (exact) mass is 111 g/mol. The fraction of sp³-hybridized carbons (Fsp3) is 0.333. The molecule has 0 radical (unpaired) electrons. The molecule has 2 nitrogen and oxygen atoms in total. The summed E-state index contributed by atoms with van der Waals surface area (Å²) in [7, 11) is 0. The highest BCUT2D eigenvalue weighted by Gasteiger charge is 1.74. The Hall–Kier alpha value is -0.780. The second-order valence-corrected chi connectivity index (χ2v) is 1.13. The Morgan fingerprint density at radius 2 is 2.62 bits per heavy atom. The van der Waals surface area contributed by atoms with E-state index in [2.05, 4.69) is 22.8 Å². The Bertz CT molecular complexity index is 93.2. The highest BCUT2D eigenvalue weighted by atomic mass is 16.6. The lowest BCUT2D eigenvalue weighted by atomic mass is 10.7. The number of rotatable bonds is 4. The van der Waals surface area contributed by atoms with Crippen LogP contribution in [0.15, 0.2) is 12.7 Å². The number of hydrogen-bond donors (Lipinski definition) is 1. The third-order valence-corrected chi connectivity index (χ3v) is 0.485. The summed E-state index contributed by atoms with van der Waals surface area (Å²) in [4.78, 5) is 4.67. The van der Waals surface area contributed by atoms with E-state index in [1.807, 2.05) is 0 Å². The standard InChI is InChI=1S/C6H9NO/c1-3-5-7-8-6-4-2/h2-3,7H,1,5-6H2. The van der Waals surface area contributed by atoms with Crippen molar-refractivity contribution in [2.45, 2.75) is 0 Å². The van der Waals surface area contributed by atoms with Crippen LogP contribution in [0.3, 0.4) is 0 Å². The van der Waals surface area contributed by atoms with Crippen LogP contribution >= 0.6 is 0 Å². The van der Waals surface area contributed by atoms with Gasteiger partial charge in [-0.15, -0.1) is 13.0 Å². The molecule has 0 aliphatic heterocycles. The molecule has 0 aromatic carbocycles. The summed E-state index contributed by atoms with van der Waals surface area (Å²) >= 11 is 0. The topological polar surface area (TPSA) is 21.3 Å². The van der Waals surface area contributed by atoms with E-state index in [0.29, 0.717) is 13.2 Å². The summed E-state index contributed by atoms with van der Waals surface area (Å²) in [6, 6.07) is 0. The van der Waals surface area contributed by atoms with Crippen molar-refractivity contribution in [1.29, 1.82) is 0 Å². The van der Waals surface area contributed by atoms with Crippen molar-refractivity contribution >= 4 is 0 Å². The second-order valence-electron chi connectivity index (χ2n) is 1.13. The highest BCUT2D eigenvalue weighted by molar-refractivity contribution is 4.82. The maximum Gasteiger partial charge on any atom is 0.128 e. The SMILES string of the molecule is C#CCONCC=C. The largest absolute Gasteiger partial charge is 0.289 e. The molecule has 44 valence electrons. The molecular formula is C6H9NO. The van der Waals surface area contributed by atoms with Gasteiger partial charge in [0, 0.05) is 6.54 Å². The van der Waals surface area contributed by atoms with E-state index in [1.54, 1.807) is 6.08 Å². The summed E-state index contributed by atoms with van der Waals surface area (Å²) in [6.07, 6.45) is 6.56. The molecule has 2 heteroatoms. The molecule has 0 fully saturated rings. The van der Waals surface area contributed by atoms with Crippen LogP contribution in [0.2, 0.25) is 0 Å². The lowest BCUT2D eigenvalue weighted by Crippen LogP contribution is -2.13. The van der Waals surface area contributed by atoms with Gasteiger partial charge in [0.05, 0.1) is 0 Å². The zero-order valence-electron chi connectivity index (χ0n) is 4.68. The lowest BCUT2D eigenvalue weighted by Gasteiger charge is -1.95. The second kappa shape index (κ2) is 6.22. The fourth-order valence-corrected chi connectivity index (χ4v) is 0.211. The van der Waals surface area contributed by atoms with Gasteiger partial charge in [0.1, 0.15) is 6.61 Å². The summed E-state index contributed by atoms with van der Waals surface area (Å²) in [6.45, 7) is 4.39. The van der Waals surface area contributed by atoms with E-state index in [-0.39, 0.29) is 0 Å². The van der Waals surface area contributed by atoms with Crippen LogP contribution in [0.5, 0.6) is 0 Å². The normalized spacial score (nSPS) is 7.88. The van der Waals surface area contributed by atoms with Gasteiger partial charge in [-0.25, -0.2) is 0 Å². The number of hydrogen-bond acceptors (Lipinski definition) is 2. The van der Waals surface area contributed by atoms with E-state index in [9.17, 15) is 0 Å². The number of nitrogens with one attached hydrogen (secondary N) is 1. The predicted octanol–water partition coefficient (Wildman–Crippen LogP) is 0.327. The summed E-state index contributed by atoms with van der Waals surface area (Å²) < 4.78 is 0. The number of terminal acetylenes is 1. The quantitative estimate of drug-likeness (QED) is 0.244. The Kier molecular flexibility index (Phi) is 5.61. The smallest absolute Gasteiger partial charge is 0.128 e. The maximum atomic E-state index is 4.87. The molecule has 0 atom stereocenters. The molecule has 0 saturated carbocycles. The fourth-order valence-electron chi connectivity index (χ4n) is 0.211. The van der Waals surface area contributed by atoms with Gasteiger partial charge in [0.2, 0.25) is 0 Å². The van der Waals surface area contributed by atoms with Crippen LogP contribution in [0.25, 0.3) is 0 Å². The first-order valence-electron chi connectivity index (χ1n) is 2.31. The third kappa shape index (κ3) is 5.22. The molecule has 0 aliphatic carbocycles. The van der Waals surface area contributed by atoms with Gasteiger partial charge < -0.3 is 0 Å². The molecule has 0 aliphatic rings. The first-order valence-corrected chi connectivity index (χ1v) is 2.31. The first-order chi connectivity index (χ1) is 3.91. The van der Waals surface area contributed by atoms with E-state index < -0.39 is 0 Å². The van der Waals surface area contributed by atoms with Crippen molar-refractivity contribution in [2.24, 2.45) is 0 Å². The van der Waals surface area contributed by atoms with Gasteiger partial charge in [0.15, 0.2) is 0 Å². The molecule has 8 heavy (non-hydrogen) atoms. The molecule has 1 N–H and O–H groups in total. The molecule has 0 aromatic heterocycles. The summed E-state index contributed by atoms with van der Waals surface area (Å²) in [5.74, 6) is 2.31. The molecule has 0 bridgehead atoms. The summed E-state index contributed by atoms with van der Waals surface area (Å²) in [5, 5.41) is 0. The number of hydroxylamine groups is 1. The van der Waals surface area contributed by atoms with Crippen molar-refractivity contribution in [2.75, 3.05) is 13.2 Å². The van der Waals surface area contributed by atoms with Crippen LogP contribution in [0.4, 0.5) is 0 Å². The van der Waals surface area contributed by atoms with Crippen LogP contribution in [-0.2, 0) is 4.84 Å². The van der Waals surface area contributed by atoms with E-state index in [0.717, 1.165) is 0 Å². The van der Waals surface area contributed by atoms with Crippen molar-refractivity contribution in [3.05, 3.63) is 12.7 Å². The zero-order valence-corrected chi connectivity index (χ0v) is 4.68. The van der Waals surface area contributed by atoms with Crippen molar-refractivity contribution in [1.82, 2.24) is 5.48 Å². The van der Waals surface area contributed by atoms with E-state index >= 15 is 0 Å². The van der Waals surface area contributed by atoms with E-state index in [4.69, 9.17) is 6.42 Å². The van der Waals surface area contributed by atoms with Gasteiger partial charge in [-0.2, -0.15) is 5.48 Å². The Morgan fingerprint density at radius 3 is 3.12 bits per heavy atom. The zero-order chi connectivity index (χ0) is 6.24. The van der Waals surface area contributed by atoms with Gasteiger partial charge in [-0.05, 0) is 0 Å². The van der Waals surface area contributed by atoms with Crippen LogP contribution in [0.1, 0.15) is 0 Å². The highest BCUT2D eigenvalue weighted by Crippen LogP contribution is 1.62. The average molecular weight is 111 g/mol. The van der Waals surface area contributed by atoms with Crippen molar-refractivity contribution in [3.8, 4) is 12.3 Å². The van der Waals surface area contributed by atoms with Crippen LogP contribution in [0, 0.1) is 12.3 Å². The minimum Gasteiger partial charge on any atom is -0.289 e. The third-order valence-electron chi connectivity index (χ3n) is 0.485. The van der Waals surface area contributed by atoms with Crippen LogP contribution in [-0.4, -0.2) is 13.2 Å². The van der Waals surface area contributed by atoms with Crippen LogP contribution < -0.4 is 5.48 Å². The molecule has 0 unspecified atom stereocenters. The van der Waals surface area contributed by atoms with Crippen molar-refractivity contribution in [3.63, 3.8) is 0 Å². The average Bonchev–Trinajstić information content (AvgIpc) is 1.81. The minimum absolute atomic E-state index is 0.299. The lowest BCUT2D eigenvalue weighted by molar-refractivity contribution is 0.0747. The molecular weight excluding hydrogens is 102 g/mol. The van der Waals surface area contributed by atoms with Gasteiger partial charge in [-0.1, -0.05) is 12.0 Å². The molecule has 0 rings (SSSR count). The molecule has 0 saturated heterocycles. The van der Waals surface area contributed by atoms with Gasteiger partial charge in [0.25, 0.3) is 0 Å². The first kappa shape index (κ1) is 7.22. The van der Waals surface area contributed by atoms with Gasteiger partial charge >= 0.3 is 0 Å². The van der Waals surface area contributed by atoms with Crippen molar-refractivity contribution < 1.29 is 4.84 Å². The molecule has 0 aromatic rings. The minimum atomic E-state index is 0.299. The Balaban J connectivity index is 2.74. The Labute approximate surface area is 49.5 Å². The maximum absolute atomic E-state index is 4.87. The van der Waals surface area contributed by atoms with Gasteiger partial charge in [-0.3, -0.25) is 4.84 Å². The van der Waals surface area contributed by atoms with E-state index in [1.165, 1.54) is 0 Å². The Morgan fingerprint density at radius 1 is 1.88 bits per heavy atom. The summed E-state index contributed by atoms with van der Waals surface area (Å²) in [5.41, 5.74) is 2.58. The molecule has 0 spiro atoms. The molecule has 0 amide bonds. The predicted molar refractivity (Wildman–Crippen MR) is 33.0 cm³/mol.